The molecule has 1 aromatic heterocycles. The highest BCUT2D eigenvalue weighted by molar-refractivity contribution is 7.09. The van der Waals surface area contributed by atoms with Crippen molar-refractivity contribution in [1.29, 1.82) is 0 Å². The predicted molar refractivity (Wildman–Crippen MR) is 80.5 cm³/mol. The van der Waals surface area contributed by atoms with Gasteiger partial charge in [0.05, 0.1) is 12.6 Å². The van der Waals surface area contributed by atoms with Crippen molar-refractivity contribution in [3.8, 4) is 0 Å². The number of nitrogens with zero attached hydrogens (tertiary/aromatic N) is 2. The van der Waals surface area contributed by atoms with Crippen molar-refractivity contribution in [3.63, 3.8) is 0 Å². The Kier molecular flexibility index (Phi) is 10.6. The first kappa shape index (κ1) is 20.0. The van der Waals surface area contributed by atoms with Crippen LogP contribution >= 0.6 is 36.2 Å². The molecule has 0 unspecified atom stereocenters. The maximum atomic E-state index is 11.9. The minimum Gasteiger partial charge on any atom is -0.338 e. The van der Waals surface area contributed by atoms with Gasteiger partial charge in [-0.05, 0) is 12.3 Å². The van der Waals surface area contributed by atoms with Gasteiger partial charge in [-0.15, -0.1) is 36.2 Å². The van der Waals surface area contributed by atoms with Crippen molar-refractivity contribution >= 4 is 42.1 Å². The molecule has 1 aromatic rings. The Labute approximate surface area is 125 Å². The molecule has 0 aliphatic carbocycles. The molecule has 0 aliphatic heterocycles. The Morgan fingerprint density at radius 2 is 2.11 bits per heavy atom. The van der Waals surface area contributed by atoms with Crippen LogP contribution in [0.3, 0.4) is 0 Å². The Bertz CT molecular complexity index is 333. The molecule has 1 rings (SSSR count). The highest BCUT2D eigenvalue weighted by Crippen LogP contribution is 2.10. The van der Waals surface area contributed by atoms with Crippen LogP contribution in [0.5, 0.6) is 0 Å². The van der Waals surface area contributed by atoms with Crippen molar-refractivity contribution < 1.29 is 4.79 Å². The maximum absolute atomic E-state index is 11.9. The summed E-state index contributed by atoms with van der Waals surface area (Å²) in [7, 11) is 1.77. The minimum atomic E-state index is -0.398. The number of likely N-dealkylation sites (N-methyl/N-ethyl adjacent to an activating group) is 1. The zero-order valence-corrected chi connectivity index (χ0v) is 13.3. The third kappa shape index (κ3) is 6.54. The van der Waals surface area contributed by atoms with Crippen molar-refractivity contribution in [2.45, 2.75) is 32.9 Å². The molecule has 0 spiro atoms. The summed E-state index contributed by atoms with van der Waals surface area (Å²) < 4.78 is 0. The standard InChI is InChI=1S/C11H19N3OS.2ClH/c1-8(2)6-9(12)11(15)14(3)7-10-13-4-5-16-10;;/h4-5,8-9H,6-7,12H2,1-3H3;2*1H/t9-;;/m0../s1. The molecule has 2 N–H and O–H groups in total. The molecule has 0 saturated carbocycles. The van der Waals surface area contributed by atoms with Crippen LogP contribution in [0.15, 0.2) is 11.6 Å². The van der Waals surface area contributed by atoms with Crippen molar-refractivity contribution in [1.82, 2.24) is 9.88 Å². The first-order chi connectivity index (χ1) is 7.50. The number of rotatable bonds is 5. The Morgan fingerprint density at radius 3 is 2.56 bits per heavy atom. The van der Waals surface area contributed by atoms with Gasteiger partial charge in [-0.3, -0.25) is 4.79 Å². The summed E-state index contributed by atoms with van der Waals surface area (Å²) in [5.74, 6) is 0.427. The van der Waals surface area contributed by atoms with E-state index >= 15 is 0 Å². The summed E-state index contributed by atoms with van der Waals surface area (Å²) >= 11 is 1.55. The third-order valence-electron chi connectivity index (χ3n) is 2.27. The number of carbonyl (C=O) groups excluding carboxylic acids is 1. The summed E-state index contributed by atoms with van der Waals surface area (Å²) in [5, 5.41) is 2.84. The topological polar surface area (TPSA) is 59.2 Å². The molecule has 0 fully saturated rings. The lowest BCUT2D eigenvalue weighted by molar-refractivity contribution is -0.132. The van der Waals surface area contributed by atoms with Crippen molar-refractivity contribution in [2.75, 3.05) is 7.05 Å². The summed E-state index contributed by atoms with van der Waals surface area (Å²) in [6.45, 7) is 4.67. The van der Waals surface area contributed by atoms with Crippen LogP contribution < -0.4 is 5.73 Å². The second-order valence-electron chi connectivity index (χ2n) is 4.36. The molecular formula is C11H21Cl2N3OS. The first-order valence-corrected chi connectivity index (χ1v) is 6.27. The van der Waals surface area contributed by atoms with E-state index in [1.807, 2.05) is 5.38 Å². The van der Waals surface area contributed by atoms with Gasteiger partial charge in [0.2, 0.25) is 5.91 Å². The molecule has 1 heterocycles. The van der Waals surface area contributed by atoms with Gasteiger partial charge in [0.25, 0.3) is 0 Å². The van der Waals surface area contributed by atoms with Gasteiger partial charge in [0, 0.05) is 18.6 Å². The molecule has 0 aromatic carbocycles. The zero-order valence-electron chi connectivity index (χ0n) is 10.8. The van der Waals surface area contributed by atoms with E-state index in [4.69, 9.17) is 5.73 Å². The SMILES string of the molecule is CC(C)C[C@H](N)C(=O)N(C)Cc1nccs1.Cl.Cl. The van der Waals surface area contributed by atoms with E-state index in [0.29, 0.717) is 12.5 Å². The fourth-order valence-electron chi connectivity index (χ4n) is 1.50. The molecule has 0 radical (unpaired) electrons. The number of nitrogens with two attached hydrogens (primary N) is 1. The van der Waals surface area contributed by atoms with Crippen molar-refractivity contribution in [2.24, 2.45) is 11.7 Å². The average Bonchev–Trinajstić information content (AvgIpc) is 2.68. The molecule has 0 bridgehead atoms. The second kappa shape index (κ2) is 9.55. The van der Waals surface area contributed by atoms with Crippen LogP contribution in [-0.4, -0.2) is 28.9 Å². The van der Waals surface area contributed by atoms with Crippen LogP contribution in [0.25, 0.3) is 0 Å². The molecular weight excluding hydrogens is 293 g/mol. The zero-order chi connectivity index (χ0) is 12.1. The highest BCUT2D eigenvalue weighted by Gasteiger charge is 2.19. The summed E-state index contributed by atoms with van der Waals surface area (Å²) in [4.78, 5) is 17.7. The molecule has 0 saturated heterocycles. The molecule has 4 nitrogen and oxygen atoms in total. The van der Waals surface area contributed by atoms with E-state index in [1.54, 1.807) is 29.5 Å². The highest BCUT2D eigenvalue weighted by atomic mass is 35.5. The lowest BCUT2D eigenvalue weighted by Gasteiger charge is -2.21. The van der Waals surface area contributed by atoms with E-state index in [0.717, 1.165) is 11.4 Å². The normalized spacial score (nSPS) is 11.4. The Morgan fingerprint density at radius 1 is 1.50 bits per heavy atom. The van der Waals surface area contributed by atoms with Crippen LogP contribution in [-0.2, 0) is 11.3 Å². The molecule has 1 atom stereocenters. The Balaban J connectivity index is 0. The first-order valence-electron chi connectivity index (χ1n) is 5.39. The van der Waals surface area contributed by atoms with Crippen molar-refractivity contribution in [3.05, 3.63) is 16.6 Å². The van der Waals surface area contributed by atoms with E-state index in [9.17, 15) is 4.79 Å². The molecule has 106 valence electrons. The van der Waals surface area contributed by atoms with Gasteiger partial charge in [0.15, 0.2) is 0 Å². The molecule has 0 aliphatic rings. The monoisotopic (exact) mass is 313 g/mol. The summed E-state index contributed by atoms with van der Waals surface area (Å²) in [6.07, 6.45) is 2.47. The van der Waals surface area contributed by atoms with Gasteiger partial charge < -0.3 is 10.6 Å². The van der Waals surface area contributed by atoms with E-state index in [2.05, 4.69) is 18.8 Å². The summed E-state index contributed by atoms with van der Waals surface area (Å²) in [6, 6.07) is -0.398. The van der Waals surface area contributed by atoms with Crippen LogP contribution in [0.4, 0.5) is 0 Å². The second-order valence-corrected chi connectivity index (χ2v) is 5.34. The quantitative estimate of drug-likeness (QED) is 0.907. The number of aromatic nitrogens is 1. The largest absolute Gasteiger partial charge is 0.338 e. The lowest BCUT2D eigenvalue weighted by Crippen LogP contribution is -2.42. The fraction of sp³-hybridized carbons (Fsp3) is 0.636. The maximum Gasteiger partial charge on any atom is 0.239 e. The van der Waals surface area contributed by atoms with Gasteiger partial charge in [-0.1, -0.05) is 13.8 Å². The Hall–Kier alpha value is -0.360. The third-order valence-corrected chi connectivity index (χ3v) is 3.04. The van der Waals surface area contributed by atoms with Gasteiger partial charge in [-0.2, -0.15) is 0 Å². The molecule has 1 amide bonds. The number of carbonyl (C=O) groups is 1. The van der Waals surface area contributed by atoms with Gasteiger partial charge in [-0.25, -0.2) is 4.98 Å². The predicted octanol–water partition coefficient (Wildman–Crippen LogP) is 2.32. The number of hydrogen-bond donors (Lipinski definition) is 1. The lowest BCUT2D eigenvalue weighted by atomic mass is 10.0. The van der Waals surface area contributed by atoms with E-state index < -0.39 is 6.04 Å². The number of hydrogen-bond acceptors (Lipinski definition) is 4. The van der Waals surface area contributed by atoms with Crippen LogP contribution in [0.1, 0.15) is 25.3 Å². The molecule has 7 heteroatoms. The van der Waals surface area contributed by atoms with E-state index in [1.165, 1.54) is 0 Å². The van der Waals surface area contributed by atoms with Gasteiger partial charge >= 0.3 is 0 Å². The number of halogens is 2. The number of amides is 1. The van der Waals surface area contributed by atoms with E-state index in [-0.39, 0.29) is 30.7 Å². The minimum absolute atomic E-state index is 0. The number of thiazole rings is 1. The average molecular weight is 314 g/mol. The van der Waals surface area contributed by atoms with Crippen LogP contribution in [0.2, 0.25) is 0 Å². The molecule has 18 heavy (non-hydrogen) atoms. The summed E-state index contributed by atoms with van der Waals surface area (Å²) in [5.41, 5.74) is 5.84. The van der Waals surface area contributed by atoms with Crippen LogP contribution in [0, 0.1) is 5.92 Å². The fourth-order valence-corrected chi connectivity index (χ4v) is 2.17. The smallest absolute Gasteiger partial charge is 0.239 e. The van der Waals surface area contributed by atoms with Gasteiger partial charge in [0.1, 0.15) is 5.01 Å².